The van der Waals surface area contributed by atoms with E-state index < -0.39 is 6.10 Å². The molecule has 0 bridgehead atoms. The molecule has 0 spiro atoms. The van der Waals surface area contributed by atoms with Gasteiger partial charge in [-0.25, -0.2) is 0 Å². The number of ether oxygens (including phenoxy) is 1. The van der Waals surface area contributed by atoms with Gasteiger partial charge in [0, 0.05) is 0 Å². The molecule has 0 unspecified atom stereocenters. The van der Waals surface area contributed by atoms with E-state index in [9.17, 15) is 4.79 Å². The predicted octanol–water partition coefficient (Wildman–Crippen LogP) is 3.50. The van der Waals surface area contributed by atoms with Crippen molar-refractivity contribution in [2.75, 3.05) is 0 Å². The number of hydrogen-bond donors (Lipinski definition) is 1. The summed E-state index contributed by atoms with van der Waals surface area (Å²) in [4.78, 5) is 17.4. The van der Waals surface area contributed by atoms with E-state index >= 15 is 0 Å². The van der Waals surface area contributed by atoms with Crippen LogP contribution in [-0.2, 0) is 11.3 Å². The molecule has 130 valence electrons. The monoisotopic (exact) mass is 357 g/mol. The molecule has 0 saturated carbocycles. The van der Waals surface area contributed by atoms with Gasteiger partial charge in [0.05, 0.1) is 11.4 Å². The molecule has 3 rings (SSSR count). The fraction of sp³-hybridized carbons (Fsp3) is 0.278. The van der Waals surface area contributed by atoms with E-state index in [2.05, 4.69) is 15.5 Å². The van der Waals surface area contributed by atoms with Gasteiger partial charge in [-0.2, -0.15) is 4.98 Å². The van der Waals surface area contributed by atoms with Crippen LogP contribution in [0.1, 0.15) is 23.9 Å². The SMILES string of the molecule is Cc1ccc(O[C@H](C)C(=O)NCc2nc(-c3cccs3)no2)c(C)c1. The minimum Gasteiger partial charge on any atom is -0.481 e. The molecule has 2 heterocycles. The summed E-state index contributed by atoms with van der Waals surface area (Å²) >= 11 is 1.53. The smallest absolute Gasteiger partial charge is 0.261 e. The number of carbonyl (C=O) groups is 1. The van der Waals surface area contributed by atoms with Gasteiger partial charge < -0.3 is 14.6 Å². The van der Waals surface area contributed by atoms with Crippen LogP contribution in [0.5, 0.6) is 5.75 Å². The quantitative estimate of drug-likeness (QED) is 0.730. The number of aromatic nitrogens is 2. The molecule has 0 aliphatic carbocycles. The van der Waals surface area contributed by atoms with Gasteiger partial charge in [0.15, 0.2) is 6.10 Å². The molecule has 0 aliphatic heterocycles. The van der Waals surface area contributed by atoms with E-state index in [4.69, 9.17) is 9.26 Å². The molecule has 7 heteroatoms. The van der Waals surface area contributed by atoms with Gasteiger partial charge in [-0.15, -0.1) is 11.3 Å². The summed E-state index contributed by atoms with van der Waals surface area (Å²) in [5, 5.41) is 8.61. The number of nitrogens with one attached hydrogen (secondary N) is 1. The average Bonchev–Trinajstić information content (AvgIpc) is 3.26. The number of benzene rings is 1. The van der Waals surface area contributed by atoms with Crippen LogP contribution >= 0.6 is 11.3 Å². The molecular weight excluding hydrogens is 338 g/mol. The van der Waals surface area contributed by atoms with Crippen LogP contribution in [0.25, 0.3) is 10.7 Å². The topological polar surface area (TPSA) is 77.2 Å². The van der Waals surface area contributed by atoms with E-state index in [0.717, 1.165) is 16.0 Å². The Hall–Kier alpha value is -2.67. The summed E-state index contributed by atoms with van der Waals surface area (Å²) in [6, 6.07) is 9.68. The third-order valence-electron chi connectivity index (χ3n) is 3.63. The Morgan fingerprint density at radius 1 is 1.36 bits per heavy atom. The Labute approximate surface area is 149 Å². The first kappa shape index (κ1) is 17.2. The van der Waals surface area contributed by atoms with Gasteiger partial charge in [0.2, 0.25) is 11.7 Å². The minimum absolute atomic E-state index is 0.164. The number of amides is 1. The Morgan fingerprint density at radius 2 is 2.20 bits per heavy atom. The fourth-order valence-electron chi connectivity index (χ4n) is 2.31. The highest BCUT2D eigenvalue weighted by molar-refractivity contribution is 7.13. The molecular formula is C18H19N3O3S. The summed E-state index contributed by atoms with van der Waals surface area (Å²) in [6.07, 6.45) is -0.624. The fourth-order valence-corrected chi connectivity index (χ4v) is 2.96. The highest BCUT2D eigenvalue weighted by Crippen LogP contribution is 2.21. The lowest BCUT2D eigenvalue weighted by molar-refractivity contribution is -0.127. The number of thiophene rings is 1. The van der Waals surface area contributed by atoms with E-state index in [0.29, 0.717) is 17.5 Å². The number of rotatable bonds is 6. The lowest BCUT2D eigenvalue weighted by Crippen LogP contribution is -2.36. The van der Waals surface area contributed by atoms with Crippen LogP contribution in [0.2, 0.25) is 0 Å². The van der Waals surface area contributed by atoms with Gasteiger partial charge in [0.25, 0.3) is 5.91 Å². The Bertz CT molecular complexity index is 858. The number of aryl methyl sites for hydroxylation is 2. The zero-order chi connectivity index (χ0) is 17.8. The standard InChI is InChI=1S/C18H19N3O3S/c1-11-6-7-14(12(2)9-11)23-13(3)18(22)19-10-16-20-17(21-24-16)15-5-4-8-25-15/h4-9,13H,10H2,1-3H3,(H,19,22)/t13-/m1/s1. The summed E-state index contributed by atoms with van der Waals surface area (Å²) in [5.41, 5.74) is 2.15. The summed E-state index contributed by atoms with van der Waals surface area (Å²) < 4.78 is 10.9. The van der Waals surface area contributed by atoms with Crippen molar-refractivity contribution < 1.29 is 14.1 Å². The molecule has 1 amide bonds. The third kappa shape index (κ3) is 4.24. The summed E-state index contributed by atoms with van der Waals surface area (Å²) in [7, 11) is 0. The third-order valence-corrected chi connectivity index (χ3v) is 4.49. The Balaban J connectivity index is 1.55. The first-order chi connectivity index (χ1) is 12.0. The van der Waals surface area contributed by atoms with Crippen molar-refractivity contribution in [2.24, 2.45) is 0 Å². The highest BCUT2D eigenvalue weighted by Gasteiger charge is 2.17. The van der Waals surface area contributed by atoms with Crippen molar-refractivity contribution in [3.63, 3.8) is 0 Å². The van der Waals surface area contributed by atoms with Gasteiger partial charge in [-0.1, -0.05) is 28.9 Å². The second kappa shape index (κ2) is 7.48. The van der Waals surface area contributed by atoms with Crippen molar-refractivity contribution in [1.82, 2.24) is 15.5 Å². The first-order valence-corrected chi connectivity index (χ1v) is 8.79. The second-order valence-electron chi connectivity index (χ2n) is 5.74. The van der Waals surface area contributed by atoms with Crippen LogP contribution in [0.4, 0.5) is 0 Å². The van der Waals surface area contributed by atoms with Crippen LogP contribution in [-0.4, -0.2) is 22.2 Å². The zero-order valence-electron chi connectivity index (χ0n) is 14.3. The minimum atomic E-state index is -0.624. The van der Waals surface area contributed by atoms with E-state index in [1.165, 1.54) is 11.3 Å². The molecule has 1 N–H and O–H groups in total. The van der Waals surface area contributed by atoms with E-state index in [1.807, 2.05) is 49.6 Å². The Kier molecular flexibility index (Phi) is 5.14. The normalized spacial score (nSPS) is 12.0. The maximum absolute atomic E-state index is 12.2. The van der Waals surface area contributed by atoms with Gasteiger partial charge in [-0.05, 0) is 43.8 Å². The number of nitrogens with zero attached hydrogens (tertiary/aromatic N) is 2. The highest BCUT2D eigenvalue weighted by atomic mass is 32.1. The van der Waals surface area contributed by atoms with Crippen LogP contribution in [0, 0.1) is 13.8 Å². The molecule has 0 saturated heterocycles. The van der Waals surface area contributed by atoms with E-state index in [-0.39, 0.29) is 12.5 Å². The summed E-state index contributed by atoms with van der Waals surface area (Å²) in [6.45, 7) is 5.84. The van der Waals surface area contributed by atoms with Crippen LogP contribution < -0.4 is 10.1 Å². The molecule has 0 radical (unpaired) electrons. The molecule has 0 aliphatic rings. The predicted molar refractivity (Wildman–Crippen MR) is 95.5 cm³/mol. The number of hydrogen-bond acceptors (Lipinski definition) is 6. The van der Waals surface area contributed by atoms with Crippen molar-refractivity contribution >= 4 is 17.2 Å². The van der Waals surface area contributed by atoms with Gasteiger partial charge in [-0.3, -0.25) is 4.79 Å². The van der Waals surface area contributed by atoms with Gasteiger partial charge >= 0.3 is 0 Å². The van der Waals surface area contributed by atoms with Crippen LogP contribution in [0.15, 0.2) is 40.2 Å². The maximum Gasteiger partial charge on any atom is 0.261 e. The van der Waals surface area contributed by atoms with Crippen LogP contribution in [0.3, 0.4) is 0 Å². The van der Waals surface area contributed by atoms with Crippen molar-refractivity contribution in [3.8, 4) is 16.5 Å². The second-order valence-corrected chi connectivity index (χ2v) is 6.68. The van der Waals surface area contributed by atoms with Crippen molar-refractivity contribution in [1.29, 1.82) is 0 Å². The molecule has 0 fully saturated rings. The molecule has 1 aromatic carbocycles. The lowest BCUT2D eigenvalue weighted by Gasteiger charge is -2.16. The van der Waals surface area contributed by atoms with E-state index in [1.54, 1.807) is 6.92 Å². The first-order valence-electron chi connectivity index (χ1n) is 7.91. The molecule has 2 aromatic heterocycles. The van der Waals surface area contributed by atoms with Crippen molar-refractivity contribution in [2.45, 2.75) is 33.4 Å². The summed E-state index contributed by atoms with van der Waals surface area (Å²) in [5.74, 6) is 1.34. The Morgan fingerprint density at radius 3 is 2.92 bits per heavy atom. The molecule has 1 atom stereocenters. The number of carbonyl (C=O) groups excluding carboxylic acids is 1. The maximum atomic E-state index is 12.2. The van der Waals surface area contributed by atoms with Crippen molar-refractivity contribution in [3.05, 3.63) is 52.7 Å². The lowest BCUT2D eigenvalue weighted by atomic mass is 10.1. The largest absolute Gasteiger partial charge is 0.481 e. The molecule has 6 nitrogen and oxygen atoms in total. The zero-order valence-corrected chi connectivity index (χ0v) is 15.1. The average molecular weight is 357 g/mol. The molecule has 3 aromatic rings. The molecule has 25 heavy (non-hydrogen) atoms. The van der Waals surface area contributed by atoms with Gasteiger partial charge in [0.1, 0.15) is 5.75 Å².